The second-order valence-corrected chi connectivity index (χ2v) is 9.04. The Morgan fingerprint density at radius 2 is 2.00 bits per heavy atom. The van der Waals surface area contributed by atoms with Crippen molar-refractivity contribution in [2.75, 3.05) is 7.05 Å². The summed E-state index contributed by atoms with van der Waals surface area (Å²) in [6.07, 6.45) is 3.80. The third kappa shape index (κ3) is 3.70. The van der Waals surface area contributed by atoms with Crippen LogP contribution in [0.15, 0.2) is 42.5 Å². The highest BCUT2D eigenvalue weighted by atomic mass is 16.2. The number of hydrogen-bond donors (Lipinski definition) is 2. The lowest BCUT2D eigenvalue weighted by Crippen LogP contribution is -2.50. The number of hydrogen-bond acceptors (Lipinski definition) is 4. The summed E-state index contributed by atoms with van der Waals surface area (Å²) in [6, 6.07) is 16.0. The molecule has 0 spiro atoms. The van der Waals surface area contributed by atoms with Crippen LogP contribution in [0.5, 0.6) is 0 Å². The largest absolute Gasteiger partial charge is 0.339 e. The molecule has 3 aliphatic rings. The van der Waals surface area contributed by atoms with Gasteiger partial charge in [-0.3, -0.25) is 9.59 Å². The average molecular weight is 415 g/mol. The lowest BCUT2D eigenvalue weighted by molar-refractivity contribution is -0.124. The van der Waals surface area contributed by atoms with Crippen LogP contribution in [0, 0.1) is 17.2 Å². The molecule has 2 amide bonds. The number of nitriles is 1. The van der Waals surface area contributed by atoms with Crippen molar-refractivity contribution in [3.05, 3.63) is 59.2 Å². The lowest BCUT2D eigenvalue weighted by atomic mass is 9.97. The Bertz CT molecular complexity index is 1070. The molecule has 158 valence electrons. The van der Waals surface area contributed by atoms with Gasteiger partial charge in [-0.2, -0.15) is 5.26 Å². The molecule has 2 heterocycles. The van der Waals surface area contributed by atoms with E-state index < -0.39 is 6.04 Å². The Balaban J connectivity index is 1.24. The maximum atomic E-state index is 12.6. The van der Waals surface area contributed by atoms with Gasteiger partial charge in [0.15, 0.2) is 0 Å². The molecule has 31 heavy (non-hydrogen) atoms. The summed E-state index contributed by atoms with van der Waals surface area (Å²) in [5, 5.41) is 15.9. The molecule has 3 unspecified atom stereocenters. The molecule has 2 aromatic rings. The molecule has 2 aromatic carbocycles. The number of piperidine rings is 1. The maximum Gasteiger partial charge on any atom is 0.254 e. The van der Waals surface area contributed by atoms with E-state index >= 15 is 0 Å². The second-order valence-electron chi connectivity index (χ2n) is 9.04. The quantitative estimate of drug-likeness (QED) is 0.788. The normalized spacial score (nSPS) is 24.7. The highest BCUT2D eigenvalue weighted by Crippen LogP contribution is 2.35. The molecule has 2 aliphatic heterocycles. The number of benzene rings is 2. The van der Waals surface area contributed by atoms with Crippen LogP contribution in [0.25, 0.3) is 11.1 Å². The van der Waals surface area contributed by atoms with Gasteiger partial charge in [-0.25, -0.2) is 0 Å². The third-order valence-corrected chi connectivity index (χ3v) is 6.93. The SMILES string of the molecule is CN1Cc2cc(-c3ccc(C[C@@H](C#N)NC(=O)C4NC5CCC4C5)cc3)ccc2C1=O. The maximum absolute atomic E-state index is 12.6. The molecule has 1 saturated heterocycles. The average Bonchev–Trinajstić information content (AvgIpc) is 3.49. The van der Waals surface area contributed by atoms with Gasteiger partial charge in [-0.1, -0.05) is 30.3 Å². The molecular weight excluding hydrogens is 388 g/mol. The Kier molecular flexibility index (Phi) is 4.99. The summed E-state index contributed by atoms with van der Waals surface area (Å²) < 4.78 is 0. The minimum absolute atomic E-state index is 0.0481. The van der Waals surface area contributed by atoms with E-state index in [4.69, 9.17) is 0 Å². The first kappa shape index (κ1) is 19.8. The number of amides is 2. The molecule has 2 fully saturated rings. The minimum atomic E-state index is -0.541. The van der Waals surface area contributed by atoms with Crippen molar-refractivity contribution in [3.63, 3.8) is 0 Å². The van der Waals surface area contributed by atoms with E-state index in [1.807, 2.05) is 43.4 Å². The number of carbonyl (C=O) groups excluding carboxylic acids is 2. The van der Waals surface area contributed by atoms with Gasteiger partial charge in [0.2, 0.25) is 5.91 Å². The van der Waals surface area contributed by atoms with E-state index in [1.54, 1.807) is 4.90 Å². The van der Waals surface area contributed by atoms with Crippen molar-refractivity contribution < 1.29 is 9.59 Å². The second kappa shape index (κ2) is 7.82. The van der Waals surface area contributed by atoms with E-state index in [9.17, 15) is 14.9 Å². The molecule has 6 nitrogen and oxygen atoms in total. The zero-order chi connectivity index (χ0) is 21.5. The molecule has 1 aliphatic carbocycles. The predicted octanol–water partition coefficient (Wildman–Crippen LogP) is 2.63. The predicted molar refractivity (Wildman–Crippen MR) is 117 cm³/mol. The van der Waals surface area contributed by atoms with Crippen molar-refractivity contribution in [1.82, 2.24) is 15.5 Å². The Hall–Kier alpha value is -3.17. The molecule has 2 N–H and O–H groups in total. The van der Waals surface area contributed by atoms with Crippen molar-refractivity contribution in [1.29, 1.82) is 5.26 Å². The summed E-state index contributed by atoms with van der Waals surface area (Å²) in [4.78, 5) is 26.4. The summed E-state index contributed by atoms with van der Waals surface area (Å²) >= 11 is 0. The van der Waals surface area contributed by atoms with Crippen LogP contribution in [0.2, 0.25) is 0 Å². The van der Waals surface area contributed by atoms with Crippen LogP contribution >= 0.6 is 0 Å². The first-order chi connectivity index (χ1) is 15.0. The summed E-state index contributed by atoms with van der Waals surface area (Å²) in [6.45, 7) is 0.640. The lowest BCUT2D eigenvalue weighted by Gasteiger charge is -2.23. The smallest absolute Gasteiger partial charge is 0.254 e. The van der Waals surface area contributed by atoms with Gasteiger partial charge >= 0.3 is 0 Å². The molecular formula is C25H26N4O2. The third-order valence-electron chi connectivity index (χ3n) is 6.93. The van der Waals surface area contributed by atoms with Gasteiger partial charge in [0.25, 0.3) is 5.91 Å². The molecule has 5 rings (SSSR count). The van der Waals surface area contributed by atoms with Crippen LogP contribution in [0.1, 0.15) is 40.7 Å². The van der Waals surface area contributed by atoms with Crippen molar-refractivity contribution >= 4 is 11.8 Å². The summed E-state index contributed by atoms with van der Waals surface area (Å²) in [5.74, 6) is 0.432. The standard InChI is InChI=1S/C25H26N4O2/c1-29-14-19-11-17(7-9-22(19)25(29)31)16-4-2-15(3-5-16)10-21(13-26)28-24(30)23-18-6-8-20(12-18)27-23/h2-5,7,9,11,18,20-21,23,27H,6,8,10,12,14H2,1H3,(H,28,30)/t18?,20?,21-,23?/m0/s1. The van der Waals surface area contributed by atoms with E-state index in [0.29, 0.717) is 24.9 Å². The highest BCUT2D eigenvalue weighted by Gasteiger charge is 2.43. The van der Waals surface area contributed by atoms with Crippen LogP contribution < -0.4 is 10.6 Å². The highest BCUT2D eigenvalue weighted by molar-refractivity contribution is 5.98. The van der Waals surface area contributed by atoms with Gasteiger partial charge in [0.05, 0.1) is 12.1 Å². The monoisotopic (exact) mass is 414 g/mol. The fourth-order valence-electron chi connectivity index (χ4n) is 5.26. The van der Waals surface area contributed by atoms with Crippen molar-refractivity contribution in [3.8, 4) is 17.2 Å². The summed E-state index contributed by atoms with van der Waals surface area (Å²) in [5.41, 5.74) is 4.97. The molecule has 4 atom stereocenters. The van der Waals surface area contributed by atoms with Gasteiger partial charge < -0.3 is 15.5 Å². The number of nitrogens with one attached hydrogen (secondary N) is 2. The van der Waals surface area contributed by atoms with Gasteiger partial charge in [-0.15, -0.1) is 0 Å². The Morgan fingerprint density at radius 3 is 2.68 bits per heavy atom. The van der Waals surface area contributed by atoms with Gasteiger partial charge in [0, 0.05) is 31.6 Å². The van der Waals surface area contributed by atoms with E-state index in [2.05, 4.69) is 22.8 Å². The number of carbonyl (C=O) groups is 2. The minimum Gasteiger partial charge on any atom is -0.339 e. The molecule has 6 heteroatoms. The van der Waals surface area contributed by atoms with Crippen LogP contribution in [0.4, 0.5) is 0 Å². The molecule has 0 radical (unpaired) electrons. The van der Waals surface area contributed by atoms with E-state index in [1.165, 1.54) is 0 Å². The van der Waals surface area contributed by atoms with E-state index in [0.717, 1.165) is 47.1 Å². The van der Waals surface area contributed by atoms with Crippen molar-refractivity contribution in [2.45, 2.75) is 50.4 Å². The molecule has 1 saturated carbocycles. The fourth-order valence-corrected chi connectivity index (χ4v) is 5.26. The first-order valence-electron chi connectivity index (χ1n) is 11.0. The van der Waals surface area contributed by atoms with Gasteiger partial charge in [-0.05, 0) is 59.6 Å². The van der Waals surface area contributed by atoms with Crippen LogP contribution in [-0.2, 0) is 17.8 Å². The zero-order valence-corrected chi connectivity index (χ0v) is 17.6. The number of rotatable bonds is 5. The fraction of sp³-hybridized carbons (Fsp3) is 0.400. The number of fused-ring (bicyclic) bond motifs is 3. The number of nitrogens with zero attached hydrogens (tertiary/aromatic N) is 2. The van der Waals surface area contributed by atoms with Crippen molar-refractivity contribution in [2.24, 2.45) is 5.92 Å². The topological polar surface area (TPSA) is 85.2 Å². The Morgan fingerprint density at radius 1 is 1.23 bits per heavy atom. The Labute approximate surface area is 182 Å². The molecule has 2 bridgehead atoms. The first-order valence-corrected chi connectivity index (χ1v) is 11.0. The van der Waals surface area contributed by atoms with Gasteiger partial charge in [0.1, 0.15) is 6.04 Å². The summed E-state index contributed by atoms with van der Waals surface area (Å²) in [7, 11) is 1.81. The van der Waals surface area contributed by atoms with Crippen LogP contribution in [0.3, 0.4) is 0 Å². The van der Waals surface area contributed by atoms with Crippen LogP contribution in [-0.4, -0.2) is 41.9 Å². The zero-order valence-electron chi connectivity index (χ0n) is 17.6. The van der Waals surface area contributed by atoms with E-state index in [-0.39, 0.29) is 17.9 Å². The molecule has 0 aromatic heterocycles.